The summed E-state index contributed by atoms with van der Waals surface area (Å²) in [7, 11) is 0. The molecule has 3 rings (SSSR count). The molecule has 1 aromatic carbocycles. The second-order valence-electron chi connectivity index (χ2n) is 5.49. The van der Waals surface area contributed by atoms with Crippen molar-refractivity contribution in [3.8, 4) is 0 Å². The van der Waals surface area contributed by atoms with E-state index < -0.39 is 0 Å². The van der Waals surface area contributed by atoms with E-state index in [4.69, 9.17) is 0 Å². The first-order chi connectivity index (χ1) is 9.24. The number of hydrogen-bond acceptors (Lipinski definition) is 2. The van der Waals surface area contributed by atoms with Crippen LogP contribution in [0.5, 0.6) is 0 Å². The van der Waals surface area contributed by atoms with Gasteiger partial charge in [0.2, 0.25) is 5.91 Å². The average Bonchev–Trinajstić information content (AvgIpc) is 2.63. The van der Waals surface area contributed by atoms with E-state index >= 15 is 0 Å². The Kier molecular flexibility index (Phi) is 3.51. The molecular formula is C15H19FN2O. The van der Waals surface area contributed by atoms with E-state index in [1.54, 1.807) is 6.07 Å². The average molecular weight is 262 g/mol. The Bertz CT molecular complexity index is 463. The van der Waals surface area contributed by atoms with Crippen LogP contribution in [0.4, 0.5) is 4.39 Å². The highest BCUT2D eigenvalue weighted by atomic mass is 19.1. The lowest BCUT2D eigenvalue weighted by atomic mass is 10.1. The maximum atomic E-state index is 13.2. The Morgan fingerprint density at radius 3 is 3.00 bits per heavy atom. The number of fused-ring (bicyclic) bond motifs is 2. The predicted molar refractivity (Wildman–Crippen MR) is 71.2 cm³/mol. The van der Waals surface area contributed by atoms with Crippen molar-refractivity contribution >= 4 is 5.91 Å². The Balaban J connectivity index is 1.73. The van der Waals surface area contributed by atoms with Crippen LogP contribution >= 0.6 is 0 Å². The first kappa shape index (κ1) is 12.6. The smallest absolute Gasteiger partial charge is 0.227 e. The third kappa shape index (κ3) is 2.63. The minimum atomic E-state index is -0.272. The summed E-state index contributed by atoms with van der Waals surface area (Å²) in [6.45, 7) is 1.89. The van der Waals surface area contributed by atoms with Gasteiger partial charge in [-0.15, -0.1) is 0 Å². The zero-order valence-corrected chi connectivity index (χ0v) is 10.9. The molecule has 0 saturated carbocycles. The largest absolute Gasteiger partial charge is 0.335 e. The van der Waals surface area contributed by atoms with Crippen LogP contribution in [0.3, 0.4) is 0 Å². The van der Waals surface area contributed by atoms with E-state index in [1.165, 1.54) is 12.1 Å². The fourth-order valence-corrected chi connectivity index (χ4v) is 3.30. The molecule has 2 aliphatic rings. The molecule has 0 aromatic heterocycles. The Morgan fingerprint density at radius 2 is 2.16 bits per heavy atom. The summed E-state index contributed by atoms with van der Waals surface area (Å²) in [4.78, 5) is 14.5. The highest BCUT2D eigenvalue weighted by molar-refractivity contribution is 5.79. The van der Waals surface area contributed by atoms with Gasteiger partial charge in [0.25, 0.3) is 0 Å². The first-order valence-corrected chi connectivity index (χ1v) is 7.00. The van der Waals surface area contributed by atoms with Crippen molar-refractivity contribution < 1.29 is 9.18 Å². The second-order valence-corrected chi connectivity index (χ2v) is 5.49. The molecule has 1 N–H and O–H groups in total. The van der Waals surface area contributed by atoms with E-state index in [-0.39, 0.29) is 11.7 Å². The van der Waals surface area contributed by atoms with Crippen LogP contribution in [0.15, 0.2) is 24.3 Å². The molecule has 3 nitrogen and oxygen atoms in total. The number of amides is 1. The van der Waals surface area contributed by atoms with Gasteiger partial charge in [-0.1, -0.05) is 12.1 Å². The van der Waals surface area contributed by atoms with Gasteiger partial charge in [-0.2, -0.15) is 0 Å². The van der Waals surface area contributed by atoms with E-state index in [1.807, 2.05) is 11.0 Å². The molecule has 2 unspecified atom stereocenters. The van der Waals surface area contributed by atoms with Gasteiger partial charge >= 0.3 is 0 Å². The third-order valence-corrected chi connectivity index (χ3v) is 4.19. The monoisotopic (exact) mass is 262 g/mol. The van der Waals surface area contributed by atoms with Gasteiger partial charge in [0.15, 0.2) is 0 Å². The molecule has 1 aromatic rings. The van der Waals surface area contributed by atoms with Crippen molar-refractivity contribution in [3.05, 3.63) is 35.6 Å². The van der Waals surface area contributed by atoms with E-state index in [0.29, 0.717) is 18.5 Å². The number of rotatable bonds is 2. The highest BCUT2D eigenvalue weighted by Gasteiger charge is 2.37. The Morgan fingerprint density at radius 1 is 1.32 bits per heavy atom. The normalized spacial score (nSPS) is 26.3. The minimum absolute atomic E-state index is 0.141. The van der Waals surface area contributed by atoms with Gasteiger partial charge in [0.1, 0.15) is 5.82 Å². The molecule has 2 aliphatic heterocycles. The molecule has 0 aliphatic carbocycles. The fraction of sp³-hybridized carbons (Fsp3) is 0.533. The zero-order valence-electron chi connectivity index (χ0n) is 10.9. The molecule has 1 amide bonds. The van der Waals surface area contributed by atoms with Gasteiger partial charge in [0.05, 0.1) is 6.42 Å². The number of benzene rings is 1. The topological polar surface area (TPSA) is 32.3 Å². The number of carbonyl (C=O) groups is 1. The van der Waals surface area contributed by atoms with Crippen LogP contribution in [0.2, 0.25) is 0 Å². The van der Waals surface area contributed by atoms with Gasteiger partial charge in [-0.25, -0.2) is 4.39 Å². The predicted octanol–water partition coefficient (Wildman–Crippen LogP) is 1.72. The summed E-state index contributed by atoms with van der Waals surface area (Å²) >= 11 is 0. The maximum Gasteiger partial charge on any atom is 0.227 e. The maximum absolute atomic E-state index is 13.2. The van der Waals surface area contributed by atoms with Crippen molar-refractivity contribution in [2.75, 3.05) is 13.1 Å². The van der Waals surface area contributed by atoms with E-state index in [0.717, 1.165) is 37.9 Å². The molecule has 19 heavy (non-hydrogen) atoms. The minimum Gasteiger partial charge on any atom is -0.335 e. The van der Waals surface area contributed by atoms with Gasteiger partial charge in [-0.3, -0.25) is 4.79 Å². The molecule has 2 heterocycles. The molecule has 2 bridgehead atoms. The zero-order chi connectivity index (χ0) is 13.2. The molecule has 0 spiro atoms. The summed E-state index contributed by atoms with van der Waals surface area (Å²) in [5.74, 6) is -0.132. The standard InChI is InChI=1S/C15H19FN2O/c16-12-3-1-2-11(8-12)9-15(19)18-13-4-5-14(18)10-17-7-6-13/h1-3,8,13-14,17H,4-7,9-10H2. The van der Waals surface area contributed by atoms with Gasteiger partial charge < -0.3 is 10.2 Å². The van der Waals surface area contributed by atoms with Crippen molar-refractivity contribution in [2.24, 2.45) is 0 Å². The molecule has 4 heteroatoms. The summed E-state index contributed by atoms with van der Waals surface area (Å²) in [5, 5.41) is 3.38. The van der Waals surface area contributed by atoms with Crippen molar-refractivity contribution in [1.29, 1.82) is 0 Å². The number of nitrogens with one attached hydrogen (secondary N) is 1. The number of hydrogen-bond donors (Lipinski definition) is 1. The Hall–Kier alpha value is -1.42. The lowest BCUT2D eigenvalue weighted by Gasteiger charge is -2.28. The lowest BCUT2D eigenvalue weighted by Crippen LogP contribution is -2.43. The van der Waals surface area contributed by atoms with Crippen LogP contribution < -0.4 is 5.32 Å². The van der Waals surface area contributed by atoms with Crippen LogP contribution in [0.25, 0.3) is 0 Å². The van der Waals surface area contributed by atoms with Crippen LogP contribution in [-0.4, -0.2) is 36.0 Å². The van der Waals surface area contributed by atoms with Crippen LogP contribution in [0.1, 0.15) is 24.8 Å². The van der Waals surface area contributed by atoms with Crippen molar-refractivity contribution in [1.82, 2.24) is 10.2 Å². The van der Waals surface area contributed by atoms with Crippen LogP contribution in [-0.2, 0) is 11.2 Å². The SMILES string of the molecule is O=C(Cc1cccc(F)c1)N1C2CCNCC1CC2. The quantitative estimate of drug-likeness (QED) is 0.880. The third-order valence-electron chi connectivity index (χ3n) is 4.19. The van der Waals surface area contributed by atoms with Gasteiger partial charge in [-0.05, 0) is 43.5 Å². The van der Waals surface area contributed by atoms with Crippen molar-refractivity contribution in [2.45, 2.75) is 37.8 Å². The van der Waals surface area contributed by atoms with Crippen molar-refractivity contribution in [3.63, 3.8) is 0 Å². The number of halogens is 1. The summed E-state index contributed by atoms with van der Waals surface area (Å²) in [6, 6.07) is 7.05. The molecule has 2 saturated heterocycles. The molecule has 2 atom stereocenters. The number of carbonyl (C=O) groups excluding carboxylic acids is 1. The fourth-order valence-electron chi connectivity index (χ4n) is 3.30. The molecule has 102 valence electrons. The number of nitrogens with zero attached hydrogens (tertiary/aromatic N) is 1. The summed E-state index contributed by atoms with van der Waals surface area (Å²) in [6.07, 6.45) is 3.55. The molecule has 2 fully saturated rings. The Labute approximate surface area is 112 Å². The molecular weight excluding hydrogens is 243 g/mol. The highest BCUT2D eigenvalue weighted by Crippen LogP contribution is 2.28. The lowest BCUT2D eigenvalue weighted by molar-refractivity contribution is -0.133. The first-order valence-electron chi connectivity index (χ1n) is 7.00. The summed E-state index contributed by atoms with van der Waals surface area (Å²) in [5.41, 5.74) is 0.765. The van der Waals surface area contributed by atoms with Gasteiger partial charge in [0, 0.05) is 18.6 Å². The molecule has 0 radical (unpaired) electrons. The second kappa shape index (κ2) is 5.29. The summed E-state index contributed by atoms with van der Waals surface area (Å²) < 4.78 is 13.2. The van der Waals surface area contributed by atoms with E-state index in [9.17, 15) is 9.18 Å². The van der Waals surface area contributed by atoms with E-state index in [2.05, 4.69) is 5.32 Å². The van der Waals surface area contributed by atoms with Crippen LogP contribution in [0, 0.1) is 5.82 Å².